The van der Waals surface area contributed by atoms with Gasteiger partial charge in [0.2, 0.25) is 0 Å². The van der Waals surface area contributed by atoms with Crippen molar-refractivity contribution in [1.82, 2.24) is 15.4 Å². The van der Waals surface area contributed by atoms with Crippen molar-refractivity contribution in [3.05, 3.63) is 64.8 Å². The molecule has 0 aliphatic rings. The molecule has 1 aromatic heterocycles. The molecule has 0 aliphatic heterocycles. The van der Waals surface area contributed by atoms with E-state index in [-0.39, 0.29) is 19.1 Å². The van der Waals surface area contributed by atoms with E-state index in [2.05, 4.69) is 10.9 Å². The summed E-state index contributed by atoms with van der Waals surface area (Å²) in [5, 5.41) is 1.81. The van der Waals surface area contributed by atoms with Gasteiger partial charge in [0.25, 0.3) is 11.8 Å². The summed E-state index contributed by atoms with van der Waals surface area (Å²) in [6.45, 7) is -0.217. The SMILES string of the molecule is O=C(COc1ccc(Cl)cc1Cl)NNC(=O)Cn1ccc2ccccc21. The molecule has 0 bridgehead atoms. The molecule has 0 radical (unpaired) electrons. The third-order valence-corrected chi connectivity index (χ3v) is 4.12. The van der Waals surface area contributed by atoms with Crippen molar-refractivity contribution in [3.8, 4) is 5.75 Å². The Kier molecular flexibility index (Phi) is 5.65. The number of aromatic nitrogens is 1. The molecule has 2 amide bonds. The van der Waals surface area contributed by atoms with Gasteiger partial charge >= 0.3 is 0 Å². The first-order valence-electron chi connectivity index (χ1n) is 7.72. The molecule has 0 saturated heterocycles. The molecule has 3 rings (SSSR count). The molecule has 8 heteroatoms. The summed E-state index contributed by atoms with van der Waals surface area (Å²) in [5.41, 5.74) is 5.59. The zero-order chi connectivity index (χ0) is 18.5. The number of fused-ring (bicyclic) bond motifs is 1. The number of benzene rings is 2. The monoisotopic (exact) mass is 391 g/mol. The van der Waals surface area contributed by atoms with E-state index < -0.39 is 5.91 Å². The van der Waals surface area contributed by atoms with E-state index in [0.717, 1.165) is 10.9 Å². The average Bonchev–Trinajstić information content (AvgIpc) is 3.02. The Labute approximate surface area is 159 Å². The lowest BCUT2D eigenvalue weighted by molar-refractivity contribution is -0.130. The number of ether oxygens (including phenoxy) is 1. The van der Waals surface area contributed by atoms with Crippen molar-refractivity contribution in [3.63, 3.8) is 0 Å². The Hall–Kier alpha value is -2.70. The van der Waals surface area contributed by atoms with Gasteiger partial charge in [0.1, 0.15) is 12.3 Å². The molecule has 2 aromatic carbocycles. The van der Waals surface area contributed by atoms with Crippen LogP contribution in [0, 0.1) is 0 Å². The Balaban J connectivity index is 1.47. The minimum atomic E-state index is -0.512. The lowest BCUT2D eigenvalue weighted by Crippen LogP contribution is -2.45. The summed E-state index contributed by atoms with van der Waals surface area (Å²) in [6, 6.07) is 14.3. The van der Waals surface area contributed by atoms with E-state index >= 15 is 0 Å². The van der Waals surface area contributed by atoms with Gasteiger partial charge < -0.3 is 9.30 Å². The maximum atomic E-state index is 12.0. The highest BCUT2D eigenvalue weighted by Gasteiger charge is 2.09. The van der Waals surface area contributed by atoms with Crippen molar-refractivity contribution in [2.75, 3.05) is 6.61 Å². The number of amides is 2. The molecule has 2 N–H and O–H groups in total. The molecule has 0 unspecified atom stereocenters. The second kappa shape index (κ2) is 8.12. The molecule has 0 atom stereocenters. The van der Waals surface area contributed by atoms with E-state index in [1.165, 1.54) is 6.07 Å². The molecule has 6 nitrogen and oxygen atoms in total. The third-order valence-electron chi connectivity index (χ3n) is 3.59. The lowest BCUT2D eigenvalue weighted by atomic mass is 10.2. The largest absolute Gasteiger partial charge is 0.482 e. The lowest BCUT2D eigenvalue weighted by Gasteiger charge is -2.10. The number of carbonyl (C=O) groups excluding carboxylic acids is 2. The number of hydrogen-bond acceptors (Lipinski definition) is 3. The fourth-order valence-electron chi connectivity index (χ4n) is 2.38. The topological polar surface area (TPSA) is 72.4 Å². The van der Waals surface area contributed by atoms with Gasteiger partial charge in [0.05, 0.1) is 5.02 Å². The summed E-state index contributed by atoms with van der Waals surface area (Å²) in [7, 11) is 0. The van der Waals surface area contributed by atoms with Crippen LogP contribution in [0.3, 0.4) is 0 Å². The highest BCUT2D eigenvalue weighted by Crippen LogP contribution is 2.27. The molecule has 0 saturated carbocycles. The number of rotatable bonds is 5. The summed E-state index contributed by atoms with van der Waals surface area (Å²) in [5.74, 6) is -0.540. The van der Waals surface area contributed by atoms with Crippen molar-refractivity contribution >= 4 is 45.9 Å². The second-order valence-electron chi connectivity index (χ2n) is 5.46. The number of hydrazine groups is 1. The van der Waals surface area contributed by atoms with Crippen LogP contribution < -0.4 is 15.6 Å². The van der Waals surface area contributed by atoms with Crippen LogP contribution in [-0.4, -0.2) is 23.0 Å². The van der Waals surface area contributed by atoms with Gasteiger partial charge in [0.15, 0.2) is 6.61 Å². The molecular formula is C18H15Cl2N3O3. The molecule has 0 fully saturated rings. The Bertz CT molecular complexity index is 956. The van der Waals surface area contributed by atoms with Crippen molar-refractivity contribution < 1.29 is 14.3 Å². The predicted molar refractivity (Wildman–Crippen MR) is 100 cm³/mol. The first-order valence-corrected chi connectivity index (χ1v) is 8.48. The van der Waals surface area contributed by atoms with Gasteiger partial charge in [-0.15, -0.1) is 0 Å². The van der Waals surface area contributed by atoms with Gasteiger partial charge in [-0.05, 0) is 35.7 Å². The highest BCUT2D eigenvalue weighted by atomic mass is 35.5. The van der Waals surface area contributed by atoms with Crippen LogP contribution >= 0.6 is 23.2 Å². The van der Waals surface area contributed by atoms with Crippen LogP contribution in [0.4, 0.5) is 0 Å². The molecule has 3 aromatic rings. The maximum absolute atomic E-state index is 12.0. The summed E-state index contributed by atoms with van der Waals surface area (Å²) in [4.78, 5) is 23.8. The van der Waals surface area contributed by atoms with Gasteiger partial charge in [-0.2, -0.15) is 0 Å². The number of halogens is 2. The van der Waals surface area contributed by atoms with Crippen LogP contribution in [0.15, 0.2) is 54.7 Å². The van der Waals surface area contributed by atoms with E-state index in [1.807, 2.05) is 36.5 Å². The summed E-state index contributed by atoms with van der Waals surface area (Å²) in [6.07, 6.45) is 1.82. The standard InChI is InChI=1S/C18H15Cl2N3O3/c19-13-5-6-16(14(20)9-13)26-11-18(25)22-21-17(24)10-23-8-7-12-3-1-2-4-15(12)23/h1-9H,10-11H2,(H,21,24)(H,22,25). The normalized spacial score (nSPS) is 10.5. The van der Waals surface area contributed by atoms with E-state index in [9.17, 15) is 9.59 Å². The van der Waals surface area contributed by atoms with Crippen molar-refractivity contribution in [1.29, 1.82) is 0 Å². The highest BCUT2D eigenvalue weighted by molar-refractivity contribution is 6.35. The maximum Gasteiger partial charge on any atom is 0.276 e. The predicted octanol–water partition coefficient (Wildman–Crippen LogP) is 3.17. The second-order valence-corrected chi connectivity index (χ2v) is 6.31. The first-order chi connectivity index (χ1) is 12.5. The Morgan fingerprint density at radius 3 is 2.58 bits per heavy atom. The number of nitrogens with zero attached hydrogens (tertiary/aromatic N) is 1. The minimum absolute atomic E-state index is 0.0810. The third kappa shape index (κ3) is 4.47. The summed E-state index contributed by atoms with van der Waals surface area (Å²) >= 11 is 11.7. The molecular weight excluding hydrogens is 377 g/mol. The van der Waals surface area contributed by atoms with Crippen LogP contribution in [-0.2, 0) is 16.1 Å². The average molecular weight is 392 g/mol. The van der Waals surface area contributed by atoms with E-state index in [0.29, 0.717) is 15.8 Å². The van der Waals surface area contributed by atoms with Gasteiger partial charge in [-0.1, -0.05) is 41.4 Å². The van der Waals surface area contributed by atoms with Crippen LogP contribution in [0.2, 0.25) is 10.0 Å². The van der Waals surface area contributed by atoms with E-state index in [1.54, 1.807) is 16.7 Å². The first kappa shape index (κ1) is 18.1. The quantitative estimate of drug-likeness (QED) is 0.656. The molecule has 0 spiro atoms. The Morgan fingerprint density at radius 2 is 1.77 bits per heavy atom. The van der Waals surface area contributed by atoms with Crippen LogP contribution in [0.1, 0.15) is 0 Å². The number of para-hydroxylation sites is 1. The smallest absolute Gasteiger partial charge is 0.276 e. The molecule has 0 aliphatic carbocycles. The number of nitrogens with one attached hydrogen (secondary N) is 2. The van der Waals surface area contributed by atoms with Crippen LogP contribution in [0.5, 0.6) is 5.75 Å². The van der Waals surface area contributed by atoms with Crippen LogP contribution in [0.25, 0.3) is 10.9 Å². The van der Waals surface area contributed by atoms with Crippen molar-refractivity contribution in [2.45, 2.75) is 6.54 Å². The zero-order valence-electron chi connectivity index (χ0n) is 13.5. The van der Waals surface area contributed by atoms with Gasteiger partial charge in [-0.3, -0.25) is 20.4 Å². The van der Waals surface area contributed by atoms with Gasteiger partial charge in [-0.25, -0.2) is 0 Å². The summed E-state index contributed by atoms with van der Waals surface area (Å²) < 4.78 is 7.08. The number of hydrogen-bond donors (Lipinski definition) is 2. The fourth-order valence-corrected chi connectivity index (χ4v) is 2.85. The minimum Gasteiger partial charge on any atom is -0.482 e. The van der Waals surface area contributed by atoms with Gasteiger partial charge in [0, 0.05) is 16.7 Å². The Morgan fingerprint density at radius 1 is 1.00 bits per heavy atom. The van der Waals surface area contributed by atoms with E-state index in [4.69, 9.17) is 27.9 Å². The zero-order valence-corrected chi connectivity index (χ0v) is 15.1. The fraction of sp³-hybridized carbons (Fsp3) is 0.111. The number of carbonyl (C=O) groups is 2. The molecule has 26 heavy (non-hydrogen) atoms. The molecule has 134 valence electrons. The molecule has 1 heterocycles. The van der Waals surface area contributed by atoms with Crippen molar-refractivity contribution in [2.24, 2.45) is 0 Å².